The fourth-order valence-corrected chi connectivity index (χ4v) is 3.84. The molecule has 8 heteroatoms. The Balaban J connectivity index is 1.64. The molecule has 0 saturated carbocycles. The molecule has 0 N–H and O–H groups in total. The second-order valence-corrected chi connectivity index (χ2v) is 7.62. The number of furan rings is 1. The topological polar surface area (TPSA) is 84.6 Å². The highest BCUT2D eigenvalue weighted by Gasteiger charge is 2.35. The van der Waals surface area contributed by atoms with Gasteiger partial charge in [-0.2, -0.15) is 5.10 Å². The van der Waals surface area contributed by atoms with Gasteiger partial charge in [-0.25, -0.2) is 5.01 Å². The minimum absolute atomic E-state index is 0.153. The first-order valence-corrected chi connectivity index (χ1v) is 10.5. The maximum Gasteiger partial charge on any atom is 0.289 e. The van der Waals surface area contributed by atoms with Gasteiger partial charge in [0, 0.05) is 24.6 Å². The molecule has 0 saturated heterocycles. The number of benzene rings is 2. The quantitative estimate of drug-likeness (QED) is 0.551. The Hall–Kier alpha value is -4.07. The first kappa shape index (κ1) is 22.1. The van der Waals surface area contributed by atoms with Crippen LogP contribution in [-0.4, -0.2) is 55.2 Å². The molecule has 0 fully saturated rings. The zero-order valence-corrected chi connectivity index (χ0v) is 18.7. The Bertz CT molecular complexity index is 1170. The van der Waals surface area contributed by atoms with E-state index in [4.69, 9.17) is 13.9 Å². The molecule has 33 heavy (non-hydrogen) atoms. The third-order valence-electron chi connectivity index (χ3n) is 5.52. The molecular formula is C25H25N3O5. The van der Waals surface area contributed by atoms with E-state index in [-0.39, 0.29) is 30.2 Å². The van der Waals surface area contributed by atoms with Crippen molar-refractivity contribution in [3.63, 3.8) is 0 Å². The minimum Gasteiger partial charge on any atom is -0.497 e. The van der Waals surface area contributed by atoms with Crippen LogP contribution in [-0.2, 0) is 4.79 Å². The van der Waals surface area contributed by atoms with Gasteiger partial charge in [0.1, 0.15) is 18.0 Å². The number of carbonyl (C=O) groups excluding carboxylic acids is 2. The van der Waals surface area contributed by atoms with Crippen molar-refractivity contribution in [3.8, 4) is 11.5 Å². The van der Waals surface area contributed by atoms with Crippen LogP contribution in [0.4, 0.5) is 0 Å². The molecule has 3 aromatic rings. The number of methoxy groups -OCH3 is 2. The van der Waals surface area contributed by atoms with E-state index in [1.807, 2.05) is 48.5 Å². The van der Waals surface area contributed by atoms with Crippen molar-refractivity contribution in [2.24, 2.45) is 5.10 Å². The molecule has 4 rings (SSSR count). The number of nitrogens with zero attached hydrogens (tertiary/aromatic N) is 3. The molecular weight excluding hydrogens is 422 g/mol. The van der Waals surface area contributed by atoms with Gasteiger partial charge < -0.3 is 18.8 Å². The van der Waals surface area contributed by atoms with Crippen LogP contribution in [0.2, 0.25) is 0 Å². The molecule has 1 aliphatic rings. The van der Waals surface area contributed by atoms with Crippen LogP contribution in [0.15, 0.2) is 76.4 Å². The SMILES string of the molecule is COc1cccc(C2=NN(C(=O)CN(C)C(=O)c3ccco3)C(c3ccccc3OC)C2)c1. The molecule has 0 aliphatic carbocycles. The average Bonchev–Trinajstić information content (AvgIpc) is 3.54. The van der Waals surface area contributed by atoms with Crippen LogP contribution in [0.25, 0.3) is 0 Å². The summed E-state index contributed by atoms with van der Waals surface area (Å²) < 4.78 is 16.1. The number of para-hydroxylation sites is 1. The predicted octanol–water partition coefficient (Wildman–Crippen LogP) is 3.75. The predicted molar refractivity (Wildman–Crippen MR) is 122 cm³/mol. The normalized spacial score (nSPS) is 15.2. The fraction of sp³-hybridized carbons (Fsp3) is 0.240. The number of ether oxygens (including phenoxy) is 2. The molecule has 170 valence electrons. The lowest BCUT2D eigenvalue weighted by Crippen LogP contribution is -2.39. The monoisotopic (exact) mass is 447 g/mol. The fourth-order valence-electron chi connectivity index (χ4n) is 3.84. The van der Waals surface area contributed by atoms with Crippen LogP contribution in [0.5, 0.6) is 11.5 Å². The van der Waals surface area contributed by atoms with E-state index in [9.17, 15) is 9.59 Å². The first-order chi connectivity index (χ1) is 16.0. The second kappa shape index (κ2) is 9.60. The summed E-state index contributed by atoms with van der Waals surface area (Å²) >= 11 is 0. The third-order valence-corrected chi connectivity index (χ3v) is 5.52. The highest BCUT2D eigenvalue weighted by Crippen LogP contribution is 2.37. The van der Waals surface area contributed by atoms with Crippen molar-refractivity contribution >= 4 is 17.5 Å². The van der Waals surface area contributed by atoms with Gasteiger partial charge in [0.15, 0.2) is 5.76 Å². The molecule has 8 nitrogen and oxygen atoms in total. The second-order valence-electron chi connectivity index (χ2n) is 7.62. The number of hydrogen-bond acceptors (Lipinski definition) is 6. The molecule has 0 radical (unpaired) electrons. The van der Waals surface area contributed by atoms with E-state index < -0.39 is 0 Å². The molecule has 0 spiro atoms. The summed E-state index contributed by atoms with van der Waals surface area (Å²) in [5.74, 6) is 0.859. The summed E-state index contributed by atoms with van der Waals surface area (Å²) in [6.07, 6.45) is 1.92. The van der Waals surface area contributed by atoms with Gasteiger partial charge >= 0.3 is 0 Å². The Labute approximate surface area is 192 Å². The molecule has 0 bridgehead atoms. The molecule has 2 heterocycles. The average molecular weight is 447 g/mol. The summed E-state index contributed by atoms with van der Waals surface area (Å²) in [4.78, 5) is 27.2. The Morgan fingerprint density at radius 1 is 1.09 bits per heavy atom. The number of rotatable bonds is 7. The van der Waals surface area contributed by atoms with Gasteiger partial charge in [-0.3, -0.25) is 9.59 Å². The third kappa shape index (κ3) is 4.59. The summed E-state index contributed by atoms with van der Waals surface area (Å²) in [5.41, 5.74) is 2.46. The Morgan fingerprint density at radius 2 is 1.91 bits per heavy atom. The van der Waals surface area contributed by atoms with Gasteiger partial charge in [0.2, 0.25) is 0 Å². The lowest BCUT2D eigenvalue weighted by Gasteiger charge is -2.25. The Kier molecular flexibility index (Phi) is 6.44. The summed E-state index contributed by atoms with van der Waals surface area (Å²) in [6, 6.07) is 17.9. The Morgan fingerprint density at radius 3 is 2.64 bits per heavy atom. The number of hydrazone groups is 1. The summed E-state index contributed by atoms with van der Waals surface area (Å²) in [6.45, 7) is -0.153. The summed E-state index contributed by atoms with van der Waals surface area (Å²) in [5, 5.41) is 6.11. The van der Waals surface area contributed by atoms with Crippen molar-refractivity contribution < 1.29 is 23.5 Å². The van der Waals surface area contributed by atoms with Crippen LogP contribution >= 0.6 is 0 Å². The number of carbonyl (C=O) groups is 2. The van der Waals surface area contributed by atoms with Crippen molar-refractivity contribution in [1.29, 1.82) is 0 Å². The van der Waals surface area contributed by atoms with E-state index in [1.165, 1.54) is 16.2 Å². The highest BCUT2D eigenvalue weighted by molar-refractivity contribution is 6.04. The van der Waals surface area contributed by atoms with Crippen molar-refractivity contribution in [1.82, 2.24) is 9.91 Å². The van der Waals surface area contributed by atoms with Crippen LogP contribution < -0.4 is 9.47 Å². The van der Waals surface area contributed by atoms with Gasteiger partial charge in [-0.05, 0) is 30.3 Å². The molecule has 1 aromatic heterocycles. The highest BCUT2D eigenvalue weighted by atomic mass is 16.5. The number of amides is 2. The zero-order chi connectivity index (χ0) is 23.4. The smallest absolute Gasteiger partial charge is 0.289 e. The van der Waals surface area contributed by atoms with E-state index in [2.05, 4.69) is 5.10 Å². The maximum atomic E-state index is 13.3. The lowest BCUT2D eigenvalue weighted by molar-refractivity contribution is -0.133. The van der Waals surface area contributed by atoms with Crippen LogP contribution in [0.3, 0.4) is 0 Å². The van der Waals surface area contributed by atoms with Gasteiger partial charge in [-0.1, -0.05) is 30.3 Å². The largest absolute Gasteiger partial charge is 0.497 e. The van der Waals surface area contributed by atoms with E-state index >= 15 is 0 Å². The molecule has 2 aromatic carbocycles. The number of hydrogen-bond donors (Lipinski definition) is 0. The minimum atomic E-state index is -0.376. The van der Waals surface area contributed by atoms with Crippen LogP contribution in [0, 0.1) is 0 Å². The van der Waals surface area contributed by atoms with Gasteiger partial charge in [0.25, 0.3) is 11.8 Å². The van der Waals surface area contributed by atoms with E-state index in [0.29, 0.717) is 17.9 Å². The van der Waals surface area contributed by atoms with Crippen molar-refractivity contribution in [3.05, 3.63) is 83.8 Å². The molecule has 1 atom stereocenters. The van der Waals surface area contributed by atoms with E-state index in [0.717, 1.165) is 16.8 Å². The standard InChI is InChI=1S/C25H25N3O5/c1-27(25(30)23-12-7-13-33-23)16-24(29)28-21(19-10-4-5-11-22(19)32-3)15-20(26-28)17-8-6-9-18(14-17)31-2/h4-14,21H,15-16H2,1-3H3. The maximum absolute atomic E-state index is 13.3. The van der Waals surface area contributed by atoms with Gasteiger partial charge in [0.05, 0.1) is 32.2 Å². The van der Waals surface area contributed by atoms with E-state index in [1.54, 1.807) is 33.4 Å². The molecule has 2 amide bonds. The summed E-state index contributed by atoms with van der Waals surface area (Å²) in [7, 11) is 4.76. The van der Waals surface area contributed by atoms with Crippen molar-refractivity contribution in [2.45, 2.75) is 12.5 Å². The van der Waals surface area contributed by atoms with Crippen molar-refractivity contribution in [2.75, 3.05) is 27.8 Å². The lowest BCUT2D eigenvalue weighted by atomic mass is 9.97. The number of likely N-dealkylation sites (N-methyl/N-ethyl adjacent to an activating group) is 1. The van der Waals surface area contributed by atoms with Crippen LogP contribution in [0.1, 0.15) is 34.1 Å². The molecule has 1 aliphatic heterocycles. The first-order valence-electron chi connectivity index (χ1n) is 10.5. The van der Waals surface area contributed by atoms with Gasteiger partial charge in [-0.15, -0.1) is 0 Å². The zero-order valence-electron chi connectivity index (χ0n) is 18.7. The molecule has 1 unspecified atom stereocenters.